The van der Waals surface area contributed by atoms with Crippen LogP contribution in [0.4, 0.5) is 0 Å². The van der Waals surface area contributed by atoms with Gasteiger partial charge in [-0.05, 0) is 19.4 Å². The first-order valence-corrected chi connectivity index (χ1v) is 8.56. The zero-order valence-corrected chi connectivity index (χ0v) is 16.1. The number of hydrogen-bond acceptors (Lipinski definition) is 4. The molecule has 0 spiro atoms. The molecule has 0 aliphatic carbocycles. The van der Waals surface area contributed by atoms with Gasteiger partial charge in [0.05, 0.1) is 0 Å². The fraction of sp³-hybridized carbons (Fsp3) is 0.562. The van der Waals surface area contributed by atoms with E-state index in [-0.39, 0.29) is 36.8 Å². The van der Waals surface area contributed by atoms with E-state index in [0.29, 0.717) is 6.54 Å². The highest BCUT2D eigenvalue weighted by atomic mass is 35.5. The number of nitrogens with two attached hydrogens (primary N) is 1. The second-order valence-electron chi connectivity index (χ2n) is 6.17. The Kier molecular flexibility index (Phi) is 10.2. The number of amides is 1. The summed E-state index contributed by atoms with van der Waals surface area (Å²) in [7, 11) is 0. The van der Waals surface area contributed by atoms with E-state index in [1.54, 1.807) is 0 Å². The van der Waals surface area contributed by atoms with Crippen LogP contribution in [0.2, 0.25) is 0 Å². The van der Waals surface area contributed by atoms with Crippen molar-refractivity contribution in [3.8, 4) is 0 Å². The molecular weight excluding hydrogens is 353 g/mol. The normalized spacial score (nSPS) is 16.7. The molecule has 132 valence electrons. The molecule has 1 aliphatic rings. The van der Waals surface area contributed by atoms with Crippen LogP contribution >= 0.6 is 36.6 Å². The van der Waals surface area contributed by atoms with Gasteiger partial charge in [-0.2, -0.15) is 11.8 Å². The summed E-state index contributed by atoms with van der Waals surface area (Å²) in [5, 5.41) is 3.01. The van der Waals surface area contributed by atoms with Gasteiger partial charge in [-0.1, -0.05) is 30.3 Å². The van der Waals surface area contributed by atoms with Crippen molar-refractivity contribution in [1.29, 1.82) is 0 Å². The van der Waals surface area contributed by atoms with Gasteiger partial charge >= 0.3 is 0 Å². The number of hydrogen-bond donors (Lipinski definition) is 2. The lowest BCUT2D eigenvalue weighted by atomic mass is 10.0. The van der Waals surface area contributed by atoms with Crippen molar-refractivity contribution in [2.45, 2.75) is 25.4 Å². The minimum absolute atomic E-state index is 0. The molecule has 1 atom stereocenters. The molecule has 1 heterocycles. The molecule has 3 N–H and O–H groups in total. The summed E-state index contributed by atoms with van der Waals surface area (Å²) in [6, 6.07) is 9.80. The molecule has 7 heteroatoms. The SMILES string of the molecule is CC(C)(N)CNC(=O)C(c1ccccc1)N1CCSCC1.Cl.Cl. The molecule has 2 rings (SSSR count). The molecular formula is C16H27Cl2N3OS. The summed E-state index contributed by atoms with van der Waals surface area (Å²) < 4.78 is 0. The van der Waals surface area contributed by atoms with E-state index in [4.69, 9.17) is 5.73 Å². The summed E-state index contributed by atoms with van der Waals surface area (Å²) in [4.78, 5) is 14.9. The lowest BCUT2D eigenvalue weighted by Gasteiger charge is -2.34. The maximum atomic E-state index is 12.7. The number of carbonyl (C=O) groups is 1. The molecule has 1 saturated heterocycles. The first-order valence-electron chi connectivity index (χ1n) is 7.41. The average Bonchev–Trinajstić information content (AvgIpc) is 2.47. The highest BCUT2D eigenvalue weighted by molar-refractivity contribution is 7.99. The average molecular weight is 380 g/mol. The second-order valence-corrected chi connectivity index (χ2v) is 7.39. The van der Waals surface area contributed by atoms with Gasteiger partial charge in [0.25, 0.3) is 0 Å². The Bertz CT molecular complexity index is 462. The minimum atomic E-state index is -0.394. The zero-order chi connectivity index (χ0) is 15.3. The van der Waals surface area contributed by atoms with Crippen molar-refractivity contribution in [2.75, 3.05) is 31.1 Å². The molecule has 1 aromatic carbocycles. The minimum Gasteiger partial charge on any atom is -0.353 e. The Labute approximate surface area is 155 Å². The number of nitrogens with zero attached hydrogens (tertiary/aromatic N) is 1. The maximum Gasteiger partial charge on any atom is 0.242 e. The summed E-state index contributed by atoms with van der Waals surface area (Å²) in [5.41, 5.74) is 6.63. The predicted octanol–water partition coefficient (Wildman–Crippen LogP) is 2.47. The van der Waals surface area contributed by atoms with Crippen molar-refractivity contribution in [3.63, 3.8) is 0 Å². The van der Waals surface area contributed by atoms with Crippen LogP contribution in [0.1, 0.15) is 25.5 Å². The summed E-state index contributed by atoms with van der Waals surface area (Å²) >= 11 is 1.95. The van der Waals surface area contributed by atoms with Crippen LogP contribution in [0, 0.1) is 0 Å². The molecule has 1 unspecified atom stereocenters. The van der Waals surface area contributed by atoms with Crippen LogP contribution in [0.5, 0.6) is 0 Å². The Hall–Kier alpha value is -0.460. The van der Waals surface area contributed by atoms with Gasteiger partial charge in [-0.3, -0.25) is 9.69 Å². The van der Waals surface area contributed by atoms with Crippen molar-refractivity contribution in [3.05, 3.63) is 35.9 Å². The largest absolute Gasteiger partial charge is 0.353 e. The Morgan fingerprint density at radius 3 is 2.35 bits per heavy atom. The number of carbonyl (C=O) groups excluding carboxylic acids is 1. The Balaban J connectivity index is 0.00000242. The van der Waals surface area contributed by atoms with Gasteiger partial charge in [0.1, 0.15) is 6.04 Å². The molecule has 0 aromatic heterocycles. The quantitative estimate of drug-likeness (QED) is 0.824. The molecule has 1 fully saturated rings. The van der Waals surface area contributed by atoms with E-state index in [2.05, 4.69) is 10.2 Å². The fourth-order valence-corrected chi connectivity index (χ4v) is 3.34. The van der Waals surface area contributed by atoms with Gasteiger partial charge in [0.2, 0.25) is 5.91 Å². The molecule has 23 heavy (non-hydrogen) atoms. The van der Waals surface area contributed by atoms with Crippen LogP contribution in [0.15, 0.2) is 30.3 Å². The number of nitrogens with one attached hydrogen (secondary N) is 1. The maximum absolute atomic E-state index is 12.7. The molecule has 0 radical (unpaired) electrons. The Morgan fingerprint density at radius 1 is 1.26 bits per heavy atom. The van der Waals surface area contributed by atoms with Crippen LogP contribution in [-0.2, 0) is 4.79 Å². The van der Waals surface area contributed by atoms with E-state index in [1.165, 1.54) is 0 Å². The van der Waals surface area contributed by atoms with Gasteiger partial charge in [-0.15, -0.1) is 24.8 Å². The van der Waals surface area contributed by atoms with E-state index >= 15 is 0 Å². The smallest absolute Gasteiger partial charge is 0.242 e. The van der Waals surface area contributed by atoms with Crippen molar-refractivity contribution >= 4 is 42.5 Å². The fourth-order valence-electron chi connectivity index (χ4n) is 2.41. The van der Waals surface area contributed by atoms with Gasteiger partial charge < -0.3 is 11.1 Å². The van der Waals surface area contributed by atoms with Gasteiger partial charge in [0.15, 0.2) is 0 Å². The topological polar surface area (TPSA) is 58.4 Å². The summed E-state index contributed by atoms with van der Waals surface area (Å²) in [6.45, 7) is 6.22. The lowest BCUT2D eigenvalue weighted by molar-refractivity contribution is -0.126. The van der Waals surface area contributed by atoms with Crippen LogP contribution in [-0.4, -0.2) is 47.5 Å². The van der Waals surface area contributed by atoms with Gasteiger partial charge in [0, 0.05) is 36.7 Å². The Morgan fingerprint density at radius 2 is 1.83 bits per heavy atom. The number of thioether (sulfide) groups is 1. The van der Waals surface area contributed by atoms with E-state index in [9.17, 15) is 4.79 Å². The molecule has 0 bridgehead atoms. The molecule has 1 amide bonds. The first-order chi connectivity index (χ1) is 9.97. The molecule has 1 aliphatic heterocycles. The number of benzene rings is 1. The predicted molar refractivity (Wildman–Crippen MR) is 104 cm³/mol. The van der Waals surface area contributed by atoms with E-state index in [0.717, 1.165) is 30.2 Å². The molecule has 4 nitrogen and oxygen atoms in total. The number of halogens is 2. The zero-order valence-electron chi connectivity index (χ0n) is 13.7. The van der Waals surface area contributed by atoms with Crippen LogP contribution in [0.25, 0.3) is 0 Å². The highest BCUT2D eigenvalue weighted by Gasteiger charge is 2.29. The van der Waals surface area contributed by atoms with Crippen molar-refractivity contribution < 1.29 is 4.79 Å². The third kappa shape index (κ3) is 7.31. The second kappa shape index (κ2) is 10.4. The third-order valence-corrected chi connectivity index (χ3v) is 4.44. The highest BCUT2D eigenvalue weighted by Crippen LogP contribution is 2.24. The lowest BCUT2D eigenvalue weighted by Crippen LogP contribution is -2.49. The van der Waals surface area contributed by atoms with E-state index in [1.807, 2.05) is 55.9 Å². The van der Waals surface area contributed by atoms with Gasteiger partial charge in [-0.25, -0.2) is 0 Å². The summed E-state index contributed by atoms with van der Waals surface area (Å²) in [6.07, 6.45) is 0. The van der Waals surface area contributed by atoms with Crippen molar-refractivity contribution in [2.24, 2.45) is 5.73 Å². The van der Waals surface area contributed by atoms with Crippen molar-refractivity contribution in [1.82, 2.24) is 10.2 Å². The first kappa shape index (κ1) is 22.5. The summed E-state index contributed by atoms with van der Waals surface area (Å²) in [5.74, 6) is 2.21. The standard InChI is InChI=1S/C16H25N3OS.2ClH/c1-16(2,17)12-18-15(20)14(13-6-4-3-5-7-13)19-8-10-21-11-9-19;;/h3-7,14H,8-12,17H2,1-2H3,(H,18,20);2*1H. The van der Waals surface area contributed by atoms with Crippen LogP contribution in [0.3, 0.4) is 0 Å². The molecule has 0 saturated carbocycles. The number of rotatable bonds is 5. The monoisotopic (exact) mass is 379 g/mol. The van der Waals surface area contributed by atoms with Crippen LogP contribution < -0.4 is 11.1 Å². The van der Waals surface area contributed by atoms with E-state index < -0.39 is 5.54 Å². The third-order valence-electron chi connectivity index (χ3n) is 3.49. The molecule has 1 aromatic rings.